The third-order valence-electron chi connectivity index (χ3n) is 2.12. The van der Waals surface area contributed by atoms with E-state index in [0.29, 0.717) is 37.6 Å². The standard InChI is InChI=1S/C4H5NO3.3C4H10O.Ti/c6-3-1-2-4(7)5(3)8;3*1-4(2)3-5;/h8H,1-2H2;3*4-5H,3H2,1-2H3;. The molecule has 7 nitrogen and oxygen atoms in total. The van der Waals surface area contributed by atoms with E-state index in [1.165, 1.54) is 0 Å². The van der Waals surface area contributed by atoms with Crippen LogP contribution in [0.25, 0.3) is 0 Å². The normalized spacial score (nSPS) is 12.8. The van der Waals surface area contributed by atoms with Crippen LogP contribution in [-0.2, 0) is 31.3 Å². The molecule has 1 aliphatic heterocycles. The molecule has 0 saturated carbocycles. The number of carbonyl (C=O) groups excluding carboxylic acids is 2. The van der Waals surface area contributed by atoms with Crippen molar-refractivity contribution < 1.29 is 51.8 Å². The van der Waals surface area contributed by atoms with E-state index in [-0.39, 0.29) is 39.6 Å². The minimum Gasteiger partial charge on any atom is -0.396 e. The minimum atomic E-state index is -0.505. The summed E-state index contributed by atoms with van der Waals surface area (Å²) < 4.78 is 0. The Morgan fingerprint density at radius 2 is 0.917 bits per heavy atom. The van der Waals surface area contributed by atoms with Crippen LogP contribution in [0.5, 0.6) is 0 Å². The molecule has 0 spiro atoms. The Morgan fingerprint density at radius 1 is 0.750 bits per heavy atom. The largest absolute Gasteiger partial charge is 0.396 e. The molecular formula is C16H35NO6Ti. The van der Waals surface area contributed by atoms with E-state index in [0.717, 1.165) is 0 Å². The number of aliphatic hydroxyl groups is 3. The zero-order chi connectivity index (χ0) is 19.0. The molecule has 1 fully saturated rings. The molecule has 0 aromatic carbocycles. The average Bonchev–Trinajstić information content (AvgIpc) is 2.80. The molecule has 1 rings (SSSR count). The molecule has 1 aliphatic rings. The maximum Gasteiger partial charge on any atom is 0.253 e. The van der Waals surface area contributed by atoms with Gasteiger partial charge in [-0.25, -0.2) is 0 Å². The van der Waals surface area contributed by atoms with E-state index >= 15 is 0 Å². The summed E-state index contributed by atoms with van der Waals surface area (Å²) in [5.74, 6) is 0.310. The van der Waals surface area contributed by atoms with Gasteiger partial charge in [0, 0.05) is 54.4 Å². The van der Waals surface area contributed by atoms with Gasteiger partial charge < -0.3 is 15.3 Å². The van der Waals surface area contributed by atoms with Crippen molar-refractivity contribution in [1.82, 2.24) is 5.06 Å². The molecule has 0 bridgehead atoms. The Balaban J connectivity index is -0.000000113. The Morgan fingerprint density at radius 3 is 0.958 bits per heavy atom. The molecule has 0 aromatic heterocycles. The SMILES string of the molecule is CC(C)CO.CC(C)CO.CC(C)CO.O=C1CCC(=O)N1O.[Ti]. The van der Waals surface area contributed by atoms with E-state index in [1.54, 1.807) is 0 Å². The van der Waals surface area contributed by atoms with Gasteiger partial charge in [-0.3, -0.25) is 14.8 Å². The number of imide groups is 1. The van der Waals surface area contributed by atoms with Gasteiger partial charge in [0.2, 0.25) is 0 Å². The second kappa shape index (κ2) is 20.7. The summed E-state index contributed by atoms with van der Waals surface area (Å²) in [4.78, 5) is 20.5. The Bertz CT molecular complexity index is 263. The number of amides is 2. The molecule has 0 atom stereocenters. The fourth-order valence-corrected chi connectivity index (χ4v) is 0.565. The molecule has 2 amide bonds. The van der Waals surface area contributed by atoms with Gasteiger partial charge in [0.15, 0.2) is 0 Å². The molecular weight excluding hydrogens is 350 g/mol. The summed E-state index contributed by atoms with van der Waals surface area (Å²) in [6.45, 7) is 12.7. The van der Waals surface area contributed by atoms with Crippen molar-refractivity contribution >= 4 is 11.8 Å². The van der Waals surface area contributed by atoms with Crippen molar-refractivity contribution in [1.29, 1.82) is 0 Å². The zero-order valence-corrected chi connectivity index (χ0v) is 17.4. The summed E-state index contributed by atoms with van der Waals surface area (Å²) in [5, 5.41) is 33.0. The molecule has 0 unspecified atom stereocenters. The first-order valence-electron chi connectivity index (χ1n) is 7.90. The smallest absolute Gasteiger partial charge is 0.253 e. The second-order valence-electron chi connectivity index (χ2n) is 6.33. The van der Waals surface area contributed by atoms with Crippen LogP contribution in [0, 0.1) is 17.8 Å². The second-order valence-corrected chi connectivity index (χ2v) is 6.33. The van der Waals surface area contributed by atoms with E-state index in [1.807, 2.05) is 41.5 Å². The van der Waals surface area contributed by atoms with Crippen LogP contribution >= 0.6 is 0 Å². The average molecular weight is 385 g/mol. The Hall–Kier alpha value is -0.306. The monoisotopic (exact) mass is 385 g/mol. The van der Waals surface area contributed by atoms with Gasteiger partial charge in [-0.15, -0.1) is 0 Å². The van der Waals surface area contributed by atoms with Gasteiger partial charge in [0.1, 0.15) is 0 Å². The number of hydrogen-bond acceptors (Lipinski definition) is 6. The number of hydroxylamine groups is 2. The van der Waals surface area contributed by atoms with E-state index in [9.17, 15) is 9.59 Å². The van der Waals surface area contributed by atoms with Crippen LogP contribution < -0.4 is 0 Å². The fraction of sp³-hybridized carbons (Fsp3) is 0.875. The molecule has 0 radical (unpaired) electrons. The molecule has 0 aliphatic carbocycles. The fourth-order valence-electron chi connectivity index (χ4n) is 0.565. The zero-order valence-electron chi connectivity index (χ0n) is 15.8. The first kappa shape index (κ1) is 31.5. The van der Waals surface area contributed by atoms with Crippen LogP contribution in [0.3, 0.4) is 0 Å². The van der Waals surface area contributed by atoms with Crippen molar-refractivity contribution in [3.05, 3.63) is 0 Å². The molecule has 144 valence electrons. The molecule has 1 saturated heterocycles. The van der Waals surface area contributed by atoms with E-state index in [2.05, 4.69) is 0 Å². The van der Waals surface area contributed by atoms with Gasteiger partial charge in [-0.1, -0.05) is 41.5 Å². The van der Waals surface area contributed by atoms with Gasteiger partial charge in [0.25, 0.3) is 11.8 Å². The van der Waals surface area contributed by atoms with Crippen molar-refractivity contribution in [2.24, 2.45) is 17.8 Å². The van der Waals surface area contributed by atoms with Crippen molar-refractivity contribution in [3.63, 3.8) is 0 Å². The van der Waals surface area contributed by atoms with Gasteiger partial charge in [-0.05, 0) is 17.8 Å². The third kappa shape index (κ3) is 26.6. The van der Waals surface area contributed by atoms with Crippen LogP contribution in [0.1, 0.15) is 54.4 Å². The van der Waals surface area contributed by atoms with Crippen molar-refractivity contribution in [3.8, 4) is 0 Å². The number of aliphatic hydroxyl groups excluding tert-OH is 3. The molecule has 8 heteroatoms. The summed E-state index contributed by atoms with van der Waals surface area (Å²) in [5.41, 5.74) is 0. The molecule has 24 heavy (non-hydrogen) atoms. The molecule has 1 heterocycles. The van der Waals surface area contributed by atoms with E-state index < -0.39 is 11.8 Å². The summed E-state index contributed by atoms with van der Waals surface area (Å²) in [6.07, 6.45) is 0.296. The Labute approximate surface area is 160 Å². The van der Waals surface area contributed by atoms with E-state index in [4.69, 9.17) is 20.5 Å². The first-order valence-corrected chi connectivity index (χ1v) is 7.90. The third-order valence-corrected chi connectivity index (χ3v) is 2.12. The van der Waals surface area contributed by atoms with Gasteiger partial charge in [-0.2, -0.15) is 5.06 Å². The maximum atomic E-state index is 10.2. The number of nitrogens with zero attached hydrogens (tertiary/aromatic N) is 1. The van der Waals surface area contributed by atoms with Crippen LogP contribution in [0.4, 0.5) is 0 Å². The number of carbonyl (C=O) groups is 2. The Kier molecular flexibility index (Phi) is 27.2. The summed E-state index contributed by atoms with van der Waals surface area (Å²) >= 11 is 0. The predicted octanol–water partition coefficient (Wildman–Crippen LogP) is 1.43. The first-order chi connectivity index (χ1) is 10.5. The topological polar surface area (TPSA) is 118 Å². The van der Waals surface area contributed by atoms with Gasteiger partial charge >= 0.3 is 0 Å². The predicted molar refractivity (Wildman–Crippen MR) is 88.6 cm³/mol. The van der Waals surface area contributed by atoms with Crippen LogP contribution in [0.2, 0.25) is 0 Å². The molecule has 4 N–H and O–H groups in total. The summed E-state index contributed by atoms with van der Waals surface area (Å²) in [6, 6.07) is 0. The number of hydrogen-bond donors (Lipinski definition) is 4. The molecule has 0 aromatic rings. The maximum absolute atomic E-state index is 10.2. The van der Waals surface area contributed by atoms with Crippen LogP contribution in [0.15, 0.2) is 0 Å². The number of rotatable bonds is 3. The van der Waals surface area contributed by atoms with Crippen molar-refractivity contribution in [2.45, 2.75) is 54.4 Å². The van der Waals surface area contributed by atoms with Crippen molar-refractivity contribution in [2.75, 3.05) is 19.8 Å². The van der Waals surface area contributed by atoms with Crippen LogP contribution in [-0.4, -0.2) is 57.2 Å². The van der Waals surface area contributed by atoms with Gasteiger partial charge in [0.05, 0.1) is 0 Å². The minimum absolute atomic E-state index is 0. The quantitative estimate of drug-likeness (QED) is 0.332. The summed E-state index contributed by atoms with van der Waals surface area (Å²) in [7, 11) is 0.